The molecule has 0 aliphatic carbocycles. The van der Waals surface area contributed by atoms with E-state index in [1.54, 1.807) is 18.2 Å². The molecule has 0 fully saturated rings. The minimum Gasteiger partial charge on any atom is -0.350 e. The molecular weight excluding hydrogens is 348 g/mol. The maximum absolute atomic E-state index is 13.1. The zero-order chi connectivity index (χ0) is 18.7. The van der Waals surface area contributed by atoms with Crippen molar-refractivity contribution in [1.29, 1.82) is 0 Å². The van der Waals surface area contributed by atoms with Gasteiger partial charge in [0.2, 0.25) is 0 Å². The number of benzene rings is 2. The van der Waals surface area contributed by atoms with Crippen LogP contribution in [0.2, 0.25) is 0 Å². The van der Waals surface area contributed by atoms with E-state index in [1.165, 1.54) is 10.4 Å². The summed E-state index contributed by atoms with van der Waals surface area (Å²) in [6, 6.07) is 13.8. The van der Waals surface area contributed by atoms with Crippen LogP contribution in [0, 0.1) is 0 Å². The third-order valence-electron chi connectivity index (χ3n) is 4.63. The maximum Gasteiger partial charge on any atom is 0.264 e. The fraction of sp³-hybridized carbons (Fsp3) is 0.350. The summed E-state index contributed by atoms with van der Waals surface area (Å²) in [6.45, 7) is 4.43. The van der Waals surface area contributed by atoms with E-state index in [0.717, 1.165) is 24.1 Å². The van der Waals surface area contributed by atoms with E-state index in [1.807, 2.05) is 31.2 Å². The van der Waals surface area contributed by atoms with Crippen molar-refractivity contribution in [3.05, 3.63) is 59.7 Å². The topological polar surface area (TPSA) is 66.5 Å². The lowest BCUT2D eigenvalue weighted by molar-refractivity contribution is 0.0938. The van der Waals surface area contributed by atoms with Gasteiger partial charge in [-0.1, -0.05) is 37.6 Å². The molecule has 1 aliphatic rings. The molecule has 0 radical (unpaired) electrons. The molecule has 1 N–H and O–H groups in total. The highest BCUT2D eigenvalue weighted by atomic mass is 32.2. The van der Waals surface area contributed by atoms with Crippen LogP contribution in [-0.2, 0) is 16.4 Å². The summed E-state index contributed by atoms with van der Waals surface area (Å²) in [5.41, 5.74) is 2.11. The third kappa shape index (κ3) is 3.60. The standard InChI is InChI=1S/C20H24N2O3S/c1-3-7-15(2)21-20(23)17-9-6-10-18(14-17)26(24,25)22-13-12-16-8-4-5-11-19(16)22/h4-6,8-11,14-15H,3,7,12-13H2,1-2H3,(H,21,23)/t15-/m0/s1. The van der Waals surface area contributed by atoms with Crippen molar-refractivity contribution in [3.63, 3.8) is 0 Å². The van der Waals surface area contributed by atoms with Gasteiger partial charge in [-0.2, -0.15) is 0 Å². The lowest BCUT2D eigenvalue weighted by Crippen LogP contribution is -2.33. The van der Waals surface area contributed by atoms with Crippen LogP contribution < -0.4 is 9.62 Å². The van der Waals surface area contributed by atoms with E-state index in [2.05, 4.69) is 12.2 Å². The number of nitrogens with one attached hydrogen (secondary N) is 1. The van der Waals surface area contributed by atoms with Crippen LogP contribution in [0.25, 0.3) is 0 Å². The van der Waals surface area contributed by atoms with Gasteiger partial charge >= 0.3 is 0 Å². The normalized spacial score (nSPS) is 14.8. The van der Waals surface area contributed by atoms with Crippen LogP contribution in [0.15, 0.2) is 53.4 Å². The average molecular weight is 372 g/mol. The van der Waals surface area contributed by atoms with E-state index in [-0.39, 0.29) is 16.8 Å². The highest BCUT2D eigenvalue weighted by molar-refractivity contribution is 7.92. The number of nitrogens with zero attached hydrogens (tertiary/aromatic N) is 1. The molecule has 1 amide bonds. The Morgan fingerprint density at radius 2 is 1.96 bits per heavy atom. The number of hydrogen-bond acceptors (Lipinski definition) is 3. The second kappa shape index (κ2) is 7.50. The number of carbonyl (C=O) groups is 1. The van der Waals surface area contributed by atoms with Gasteiger partial charge in [-0.3, -0.25) is 9.10 Å². The van der Waals surface area contributed by atoms with Gasteiger partial charge in [0.1, 0.15) is 0 Å². The van der Waals surface area contributed by atoms with Crippen molar-refractivity contribution in [3.8, 4) is 0 Å². The third-order valence-corrected chi connectivity index (χ3v) is 6.44. The van der Waals surface area contributed by atoms with Crippen LogP contribution in [0.3, 0.4) is 0 Å². The van der Waals surface area contributed by atoms with Gasteiger partial charge in [-0.05, 0) is 49.6 Å². The molecule has 0 aromatic heterocycles. The van der Waals surface area contributed by atoms with E-state index in [0.29, 0.717) is 18.5 Å². The first-order chi connectivity index (χ1) is 12.4. The molecule has 26 heavy (non-hydrogen) atoms. The van der Waals surface area contributed by atoms with Gasteiger partial charge < -0.3 is 5.32 Å². The molecule has 3 rings (SSSR count). The predicted molar refractivity (Wildman–Crippen MR) is 103 cm³/mol. The van der Waals surface area contributed by atoms with E-state index >= 15 is 0 Å². The van der Waals surface area contributed by atoms with Gasteiger partial charge in [0, 0.05) is 18.2 Å². The molecule has 2 aromatic rings. The Kier molecular flexibility index (Phi) is 5.32. The van der Waals surface area contributed by atoms with Gasteiger partial charge in [0.15, 0.2) is 0 Å². The summed E-state index contributed by atoms with van der Waals surface area (Å²) in [6.07, 6.45) is 2.56. The van der Waals surface area contributed by atoms with Crippen molar-refractivity contribution in [2.75, 3.05) is 10.8 Å². The largest absolute Gasteiger partial charge is 0.350 e. The number of carbonyl (C=O) groups excluding carboxylic acids is 1. The molecular formula is C20H24N2O3S. The predicted octanol–water partition coefficient (Wildman–Crippen LogP) is 3.36. The molecule has 0 spiro atoms. The molecule has 0 unspecified atom stereocenters. The van der Waals surface area contributed by atoms with Gasteiger partial charge in [0.05, 0.1) is 10.6 Å². The number of rotatable bonds is 6. The average Bonchev–Trinajstić information content (AvgIpc) is 3.07. The summed E-state index contributed by atoms with van der Waals surface area (Å²) >= 11 is 0. The number of hydrogen-bond donors (Lipinski definition) is 1. The first kappa shape index (κ1) is 18.5. The summed E-state index contributed by atoms with van der Waals surface area (Å²) < 4.78 is 27.6. The van der Waals surface area contributed by atoms with Crippen LogP contribution in [0.5, 0.6) is 0 Å². The van der Waals surface area contributed by atoms with Crippen molar-refractivity contribution in [2.45, 2.75) is 44.0 Å². The maximum atomic E-state index is 13.1. The Bertz CT molecular complexity index is 909. The second-order valence-electron chi connectivity index (χ2n) is 6.65. The van der Waals surface area contributed by atoms with Crippen LogP contribution in [0.1, 0.15) is 42.6 Å². The Balaban J connectivity index is 1.87. The van der Waals surface area contributed by atoms with E-state index in [4.69, 9.17) is 0 Å². The molecule has 1 heterocycles. The minimum atomic E-state index is -3.69. The number of anilines is 1. The summed E-state index contributed by atoms with van der Waals surface area (Å²) in [5.74, 6) is -0.246. The van der Waals surface area contributed by atoms with Crippen molar-refractivity contribution in [1.82, 2.24) is 5.32 Å². The van der Waals surface area contributed by atoms with Crippen molar-refractivity contribution >= 4 is 21.6 Å². The Labute approximate surface area is 155 Å². The lowest BCUT2D eigenvalue weighted by atomic mass is 10.1. The molecule has 5 nitrogen and oxygen atoms in total. The number of fused-ring (bicyclic) bond motifs is 1. The second-order valence-corrected chi connectivity index (χ2v) is 8.51. The van der Waals surface area contributed by atoms with Crippen LogP contribution >= 0.6 is 0 Å². The number of para-hydroxylation sites is 1. The molecule has 1 aliphatic heterocycles. The van der Waals surface area contributed by atoms with Crippen molar-refractivity contribution in [2.24, 2.45) is 0 Å². The molecule has 0 bridgehead atoms. The fourth-order valence-electron chi connectivity index (χ4n) is 3.29. The molecule has 6 heteroatoms. The molecule has 1 atom stereocenters. The summed E-state index contributed by atoms with van der Waals surface area (Å²) in [4.78, 5) is 12.6. The Morgan fingerprint density at radius 3 is 2.73 bits per heavy atom. The monoisotopic (exact) mass is 372 g/mol. The quantitative estimate of drug-likeness (QED) is 0.845. The van der Waals surface area contributed by atoms with Crippen LogP contribution in [0.4, 0.5) is 5.69 Å². The highest BCUT2D eigenvalue weighted by Gasteiger charge is 2.30. The van der Waals surface area contributed by atoms with Gasteiger partial charge in [0.25, 0.3) is 15.9 Å². The Morgan fingerprint density at radius 1 is 1.19 bits per heavy atom. The smallest absolute Gasteiger partial charge is 0.264 e. The lowest BCUT2D eigenvalue weighted by Gasteiger charge is -2.20. The molecule has 2 aromatic carbocycles. The summed E-state index contributed by atoms with van der Waals surface area (Å²) in [7, 11) is -3.69. The van der Waals surface area contributed by atoms with Crippen LogP contribution in [-0.4, -0.2) is 26.9 Å². The van der Waals surface area contributed by atoms with E-state index < -0.39 is 10.0 Å². The van der Waals surface area contributed by atoms with Gasteiger partial charge in [-0.15, -0.1) is 0 Å². The highest BCUT2D eigenvalue weighted by Crippen LogP contribution is 2.32. The summed E-state index contributed by atoms with van der Waals surface area (Å²) in [5, 5.41) is 2.91. The van der Waals surface area contributed by atoms with Crippen molar-refractivity contribution < 1.29 is 13.2 Å². The first-order valence-electron chi connectivity index (χ1n) is 8.95. The molecule has 0 saturated carbocycles. The number of amides is 1. The molecule has 138 valence electrons. The SMILES string of the molecule is CCC[C@H](C)NC(=O)c1cccc(S(=O)(=O)N2CCc3ccccc32)c1. The Hall–Kier alpha value is -2.34. The first-order valence-corrected chi connectivity index (χ1v) is 10.4. The minimum absolute atomic E-state index is 0.0539. The fourth-order valence-corrected chi connectivity index (χ4v) is 4.84. The van der Waals surface area contributed by atoms with E-state index in [9.17, 15) is 13.2 Å². The zero-order valence-electron chi connectivity index (χ0n) is 15.1. The van der Waals surface area contributed by atoms with Gasteiger partial charge in [-0.25, -0.2) is 8.42 Å². The molecule has 0 saturated heterocycles. The zero-order valence-corrected chi connectivity index (χ0v) is 15.9. The number of sulfonamides is 1.